The van der Waals surface area contributed by atoms with Crippen molar-refractivity contribution in [3.8, 4) is 5.75 Å². The van der Waals surface area contributed by atoms with Crippen molar-refractivity contribution in [1.29, 1.82) is 0 Å². The van der Waals surface area contributed by atoms with E-state index in [1.807, 2.05) is 29.2 Å². The minimum absolute atomic E-state index is 0.0802. The molecule has 2 aliphatic heterocycles. The van der Waals surface area contributed by atoms with Crippen molar-refractivity contribution in [3.63, 3.8) is 0 Å². The largest absolute Gasteiger partial charge is 0.495 e. The fourth-order valence-electron chi connectivity index (χ4n) is 3.24. The van der Waals surface area contributed by atoms with Gasteiger partial charge in [0.25, 0.3) is 5.91 Å². The third kappa shape index (κ3) is 4.49. The molecule has 136 valence electrons. The van der Waals surface area contributed by atoms with Gasteiger partial charge in [0.15, 0.2) is 0 Å². The first-order chi connectivity index (χ1) is 12.2. The van der Waals surface area contributed by atoms with Crippen LogP contribution in [0.1, 0.15) is 12.8 Å². The van der Waals surface area contributed by atoms with Crippen LogP contribution in [0.4, 0.5) is 5.69 Å². The second kappa shape index (κ2) is 8.31. The molecule has 25 heavy (non-hydrogen) atoms. The topological polar surface area (TPSA) is 71.1 Å². The highest BCUT2D eigenvalue weighted by Gasteiger charge is 2.30. The molecule has 7 heteroatoms. The van der Waals surface area contributed by atoms with Crippen LogP contribution >= 0.6 is 0 Å². The standard InChI is InChI=1S/C18H25N3O4/c1-24-15-6-3-2-5-14(15)19-17(22)13-20-8-10-21(11-9-20)18(23)16-7-4-12-25-16/h2-3,5-6,16H,4,7-13H2,1H3,(H,19,22). The number of anilines is 1. The van der Waals surface area contributed by atoms with Gasteiger partial charge in [-0.2, -0.15) is 0 Å². The zero-order valence-corrected chi connectivity index (χ0v) is 14.6. The maximum atomic E-state index is 12.3. The monoisotopic (exact) mass is 347 g/mol. The van der Waals surface area contributed by atoms with Crippen molar-refractivity contribution in [1.82, 2.24) is 9.80 Å². The van der Waals surface area contributed by atoms with Gasteiger partial charge in [0.1, 0.15) is 11.9 Å². The van der Waals surface area contributed by atoms with Crippen molar-refractivity contribution in [2.75, 3.05) is 51.8 Å². The molecule has 1 aromatic carbocycles. The highest BCUT2D eigenvalue weighted by molar-refractivity contribution is 5.93. The van der Waals surface area contributed by atoms with Gasteiger partial charge in [-0.1, -0.05) is 12.1 Å². The Morgan fingerprint density at radius 3 is 2.68 bits per heavy atom. The Labute approximate surface area is 147 Å². The summed E-state index contributed by atoms with van der Waals surface area (Å²) in [5.41, 5.74) is 0.669. The number of piperazine rings is 1. The molecule has 1 N–H and O–H groups in total. The summed E-state index contributed by atoms with van der Waals surface area (Å²) < 4.78 is 10.7. The molecule has 0 aliphatic carbocycles. The van der Waals surface area contributed by atoms with Crippen molar-refractivity contribution in [3.05, 3.63) is 24.3 Å². The lowest BCUT2D eigenvalue weighted by Crippen LogP contribution is -2.52. The first-order valence-corrected chi connectivity index (χ1v) is 8.73. The van der Waals surface area contributed by atoms with Gasteiger partial charge >= 0.3 is 0 Å². The SMILES string of the molecule is COc1ccccc1NC(=O)CN1CCN(C(=O)C2CCCO2)CC1. The average molecular weight is 347 g/mol. The van der Waals surface area contributed by atoms with Crippen molar-refractivity contribution >= 4 is 17.5 Å². The Morgan fingerprint density at radius 2 is 2.00 bits per heavy atom. The van der Waals surface area contributed by atoms with Gasteiger partial charge < -0.3 is 19.7 Å². The number of benzene rings is 1. The Hall–Kier alpha value is -2.12. The average Bonchev–Trinajstić information content (AvgIpc) is 3.17. The first-order valence-electron chi connectivity index (χ1n) is 8.73. The molecule has 3 rings (SSSR count). The van der Waals surface area contributed by atoms with E-state index in [9.17, 15) is 9.59 Å². The molecule has 2 amide bonds. The maximum absolute atomic E-state index is 12.3. The number of nitrogens with zero attached hydrogens (tertiary/aromatic N) is 2. The zero-order chi connectivity index (χ0) is 17.6. The van der Waals surface area contributed by atoms with E-state index in [2.05, 4.69) is 10.2 Å². The van der Waals surface area contributed by atoms with Gasteiger partial charge in [0.05, 0.1) is 19.3 Å². The summed E-state index contributed by atoms with van der Waals surface area (Å²) >= 11 is 0. The van der Waals surface area contributed by atoms with E-state index in [0.717, 1.165) is 12.8 Å². The van der Waals surface area contributed by atoms with Gasteiger partial charge in [0, 0.05) is 32.8 Å². The van der Waals surface area contributed by atoms with Gasteiger partial charge in [-0.3, -0.25) is 14.5 Å². The lowest BCUT2D eigenvalue weighted by atomic mass is 10.2. The lowest BCUT2D eigenvalue weighted by Gasteiger charge is -2.35. The van der Waals surface area contributed by atoms with Crippen LogP contribution < -0.4 is 10.1 Å². The second-order valence-electron chi connectivity index (χ2n) is 6.35. The summed E-state index contributed by atoms with van der Waals surface area (Å²) in [5.74, 6) is 0.654. The van der Waals surface area contributed by atoms with Crippen LogP contribution in [0.5, 0.6) is 5.75 Å². The Bertz CT molecular complexity index is 608. The molecule has 0 saturated carbocycles. The Kier molecular flexibility index (Phi) is 5.88. The molecule has 7 nitrogen and oxygen atoms in total. The molecule has 0 radical (unpaired) electrons. The number of nitrogens with one attached hydrogen (secondary N) is 1. The fraction of sp³-hybridized carbons (Fsp3) is 0.556. The van der Waals surface area contributed by atoms with Crippen molar-refractivity contribution in [2.45, 2.75) is 18.9 Å². The third-order valence-electron chi connectivity index (χ3n) is 4.64. The predicted molar refractivity (Wildman–Crippen MR) is 93.6 cm³/mol. The highest BCUT2D eigenvalue weighted by atomic mass is 16.5. The molecular formula is C18H25N3O4. The van der Waals surface area contributed by atoms with Crippen LogP contribution in [0.15, 0.2) is 24.3 Å². The van der Waals surface area contributed by atoms with Gasteiger partial charge in [-0.05, 0) is 25.0 Å². The summed E-state index contributed by atoms with van der Waals surface area (Å²) in [5, 5.41) is 2.88. The van der Waals surface area contributed by atoms with E-state index in [4.69, 9.17) is 9.47 Å². The summed E-state index contributed by atoms with van der Waals surface area (Å²) in [4.78, 5) is 28.5. The number of hydrogen-bond acceptors (Lipinski definition) is 5. The van der Waals surface area contributed by atoms with Crippen LogP contribution in [0, 0.1) is 0 Å². The van der Waals surface area contributed by atoms with Crippen LogP contribution in [-0.2, 0) is 14.3 Å². The molecule has 2 fully saturated rings. The van der Waals surface area contributed by atoms with E-state index >= 15 is 0 Å². The molecule has 1 atom stereocenters. The van der Waals surface area contributed by atoms with Crippen LogP contribution in [0.3, 0.4) is 0 Å². The minimum Gasteiger partial charge on any atom is -0.495 e. The highest BCUT2D eigenvalue weighted by Crippen LogP contribution is 2.23. The van der Waals surface area contributed by atoms with E-state index in [-0.39, 0.29) is 17.9 Å². The summed E-state index contributed by atoms with van der Waals surface area (Å²) in [6.07, 6.45) is 1.51. The number of amides is 2. The molecule has 1 unspecified atom stereocenters. The number of ether oxygens (including phenoxy) is 2. The zero-order valence-electron chi connectivity index (χ0n) is 14.6. The third-order valence-corrected chi connectivity index (χ3v) is 4.64. The van der Waals surface area contributed by atoms with E-state index in [1.165, 1.54) is 0 Å². The molecule has 2 aliphatic rings. The summed E-state index contributed by atoms with van der Waals surface area (Å²) in [6.45, 7) is 3.65. The number of para-hydroxylation sites is 2. The number of hydrogen-bond donors (Lipinski definition) is 1. The molecule has 2 heterocycles. The van der Waals surface area contributed by atoms with Gasteiger partial charge in [-0.15, -0.1) is 0 Å². The molecular weight excluding hydrogens is 322 g/mol. The Balaban J connectivity index is 1.45. The Morgan fingerprint density at radius 1 is 1.24 bits per heavy atom. The van der Waals surface area contributed by atoms with Crippen LogP contribution in [-0.4, -0.2) is 74.2 Å². The fourth-order valence-corrected chi connectivity index (χ4v) is 3.24. The van der Waals surface area contributed by atoms with Crippen LogP contribution in [0.2, 0.25) is 0 Å². The van der Waals surface area contributed by atoms with Gasteiger partial charge in [-0.25, -0.2) is 0 Å². The van der Waals surface area contributed by atoms with Crippen molar-refractivity contribution in [2.24, 2.45) is 0 Å². The smallest absolute Gasteiger partial charge is 0.251 e. The molecule has 0 aromatic heterocycles. The second-order valence-corrected chi connectivity index (χ2v) is 6.35. The summed E-state index contributed by atoms with van der Waals surface area (Å²) in [7, 11) is 1.58. The summed E-state index contributed by atoms with van der Waals surface area (Å²) in [6, 6.07) is 7.34. The number of methoxy groups -OCH3 is 1. The number of carbonyl (C=O) groups excluding carboxylic acids is 2. The molecule has 1 aromatic rings. The minimum atomic E-state index is -0.264. The maximum Gasteiger partial charge on any atom is 0.251 e. The lowest BCUT2D eigenvalue weighted by molar-refractivity contribution is -0.142. The van der Waals surface area contributed by atoms with Crippen LogP contribution in [0.25, 0.3) is 0 Å². The number of rotatable bonds is 5. The van der Waals surface area contributed by atoms with Crippen molar-refractivity contribution < 1.29 is 19.1 Å². The normalized spacial score (nSPS) is 21.2. The van der Waals surface area contributed by atoms with E-state index in [1.54, 1.807) is 7.11 Å². The van der Waals surface area contributed by atoms with Gasteiger partial charge in [0.2, 0.25) is 5.91 Å². The molecule has 0 bridgehead atoms. The quantitative estimate of drug-likeness (QED) is 0.859. The van der Waals surface area contributed by atoms with E-state index in [0.29, 0.717) is 50.8 Å². The first kappa shape index (κ1) is 17.7. The predicted octanol–water partition coefficient (Wildman–Crippen LogP) is 0.957. The number of carbonyl (C=O) groups is 2. The van der Waals surface area contributed by atoms with E-state index < -0.39 is 0 Å². The molecule has 0 spiro atoms. The molecule has 2 saturated heterocycles.